The van der Waals surface area contributed by atoms with Gasteiger partial charge in [-0.1, -0.05) is 15.9 Å². The Morgan fingerprint density at radius 2 is 2.00 bits per heavy atom. The third kappa shape index (κ3) is 2.04. The van der Waals surface area contributed by atoms with E-state index in [0.29, 0.717) is 27.2 Å². The van der Waals surface area contributed by atoms with Crippen LogP contribution in [0.5, 0.6) is 0 Å². The molecule has 0 fully saturated rings. The lowest BCUT2D eigenvalue weighted by Gasteiger charge is -2.01. The van der Waals surface area contributed by atoms with E-state index in [9.17, 15) is 4.39 Å². The molecule has 0 bridgehead atoms. The van der Waals surface area contributed by atoms with Gasteiger partial charge >= 0.3 is 0 Å². The fraction of sp³-hybridized carbons (Fsp3) is 0. The van der Waals surface area contributed by atoms with Gasteiger partial charge in [-0.15, -0.1) is 0 Å². The summed E-state index contributed by atoms with van der Waals surface area (Å²) >= 11 is 6.64. The van der Waals surface area contributed by atoms with E-state index in [1.165, 1.54) is 6.07 Å². The standard InChI is InChI=1S/C13H8Br2FN3/c14-7-3-4-8(10(16)6-7)11-12(17)19-5-1-2-9(15)13(19)18-11/h1-6H,17H2. The molecule has 3 aromatic rings. The number of hydrogen-bond acceptors (Lipinski definition) is 2. The van der Waals surface area contributed by atoms with Crippen LogP contribution in [-0.4, -0.2) is 9.38 Å². The molecule has 3 nitrogen and oxygen atoms in total. The van der Waals surface area contributed by atoms with Crippen molar-refractivity contribution in [3.05, 3.63) is 51.3 Å². The van der Waals surface area contributed by atoms with E-state index in [-0.39, 0.29) is 5.82 Å². The molecule has 2 heterocycles. The van der Waals surface area contributed by atoms with Gasteiger partial charge in [0, 0.05) is 16.2 Å². The van der Waals surface area contributed by atoms with Gasteiger partial charge in [-0.05, 0) is 46.3 Å². The molecule has 3 rings (SSSR count). The van der Waals surface area contributed by atoms with Crippen LogP contribution < -0.4 is 5.73 Å². The first kappa shape index (κ1) is 12.6. The van der Waals surface area contributed by atoms with Crippen LogP contribution >= 0.6 is 31.9 Å². The topological polar surface area (TPSA) is 43.3 Å². The van der Waals surface area contributed by atoms with Gasteiger partial charge in [0.15, 0.2) is 5.65 Å². The quantitative estimate of drug-likeness (QED) is 0.681. The summed E-state index contributed by atoms with van der Waals surface area (Å²) in [6.45, 7) is 0. The van der Waals surface area contributed by atoms with E-state index in [1.807, 2.05) is 12.1 Å². The minimum absolute atomic E-state index is 0.361. The van der Waals surface area contributed by atoms with Crippen molar-refractivity contribution in [3.8, 4) is 11.3 Å². The number of nitrogen functional groups attached to an aromatic ring is 1. The fourth-order valence-corrected chi connectivity index (χ4v) is 2.70. The van der Waals surface area contributed by atoms with Crippen molar-refractivity contribution in [1.29, 1.82) is 0 Å². The number of fused-ring (bicyclic) bond motifs is 1. The number of anilines is 1. The van der Waals surface area contributed by atoms with Crippen molar-refractivity contribution in [2.75, 3.05) is 5.73 Å². The van der Waals surface area contributed by atoms with Crippen LogP contribution in [0.1, 0.15) is 0 Å². The summed E-state index contributed by atoms with van der Waals surface area (Å²) in [7, 11) is 0. The van der Waals surface area contributed by atoms with Crippen molar-refractivity contribution >= 4 is 43.3 Å². The Labute approximate surface area is 125 Å². The van der Waals surface area contributed by atoms with Gasteiger partial charge in [-0.25, -0.2) is 9.37 Å². The first-order valence-electron chi connectivity index (χ1n) is 5.45. The van der Waals surface area contributed by atoms with Crippen LogP contribution in [0, 0.1) is 5.82 Å². The highest BCUT2D eigenvalue weighted by atomic mass is 79.9. The Hall–Kier alpha value is -1.40. The maximum atomic E-state index is 14.0. The maximum absolute atomic E-state index is 14.0. The highest BCUT2D eigenvalue weighted by molar-refractivity contribution is 9.10. The summed E-state index contributed by atoms with van der Waals surface area (Å²) in [6.07, 6.45) is 1.79. The Kier molecular flexibility index (Phi) is 3.06. The van der Waals surface area contributed by atoms with Crippen LogP contribution in [0.3, 0.4) is 0 Å². The maximum Gasteiger partial charge on any atom is 0.153 e. The average molecular weight is 385 g/mol. The Balaban J connectivity index is 2.31. The summed E-state index contributed by atoms with van der Waals surface area (Å²) in [5.41, 5.74) is 7.54. The van der Waals surface area contributed by atoms with Crippen molar-refractivity contribution < 1.29 is 4.39 Å². The molecule has 0 radical (unpaired) electrons. The van der Waals surface area contributed by atoms with Crippen LogP contribution in [-0.2, 0) is 0 Å². The van der Waals surface area contributed by atoms with Gasteiger partial charge in [0.1, 0.15) is 17.3 Å². The van der Waals surface area contributed by atoms with E-state index in [1.54, 1.807) is 22.7 Å². The Bertz CT molecular complexity index is 783. The molecule has 0 amide bonds. The normalized spacial score (nSPS) is 11.1. The number of halogens is 3. The molecule has 0 atom stereocenters. The molecule has 19 heavy (non-hydrogen) atoms. The second-order valence-electron chi connectivity index (χ2n) is 4.02. The first-order valence-corrected chi connectivity index (χ1v) is 7.04. The van der Waals surface area contributed by atoms with Gasteiger partial charge in [-0.2, -0.15) is 0 Å². The molecule has 0 aliphatic rings. The molecule has 0 saturated heterocycles. The van der Waals surface area contributed by atoms with E-state index in [4.69, 9.17) is 5.73 Å². The highest BCUT2D eigenvalue weighted by Gasteiger charge is 2.16. The van der Waals surface area contributed by atoms with E-state index >= 15 is 0 Å². The molecule has 0 saturated carbocycles. The molecule has 0 aliphatic heterocycles. The zero-order chi connectivity index (χ0) is 13.6. The summed E-state index contributed by atoms with van der Waals surface area (Å²) in [4.78, 5) is 4.41. The van der Waals surface area contributed by atoms with Crippen LogP contribution in [0.25, 0.3) is 16.9 Å². The zero-order valence-corrected chi connectivity index (χ0v) is 12.7. The molecule has 2 N–H and O–H groups in total. The number of nitrogens with two attached hydrogens (primary N) is 1. The Morgan fingerprint density at radius 1 is 1.21 bits per heavy atom. The summed E-state index contributed by atoms with van der Waals surface area (Å²) in [6, 6.07) is 8.52. The molecule has 1 aromatic carbocycles. The summed E-state index contributed by atoms with van der Waals surface area (Å²) < 4.78 is 17.2. The highest BCUT2D eigenvalue weighted by Crippen LogP contribution is 2.31. The lowest BCUT2D eigenvalue weighted by molar-refractivity contribution is 0.630. The minimum atomic E-state index is -0.361. The number of aromatic nitrogens is 2. The molecular formula is C13H8Br2FN3. The minimum Gasteiger partial charge on any atom is -0.383 e. The smallest absolute Gasteiger partial charge is 0.153 e. The van der Waals surface area contributed by atoms with Gasteiger partial charge in [0.2, 0.25) is 0 Å². The number of benzene rings is 1. The van der Waals surface area contributed by atoms with Crippen molar-refractivity contribution in [2.24, 2.45) is 0 Å². The number of nitrogens with zero attached hydrogens (tertiary/aromatic N) is 2. The summed E-state index contributed by atoms with van der Waals surface area (Å²) in [5, 5.41) is 0. The van der Waals surface area contributed by atoms with Crippen LogP contribution in [0.4, 0.5) is 10.2 Å². The lowest BCUT2D eigenvalue weighted by atomic mass is 10.1. The molecule has 96 valence electrons. The van der Waals surface area contributed by atoms with E-state index < -0.39 is 0 Å². The first-order chi connectivity index (χ1) is 9.08. The molecular weight excluding hydrogens is 377 g/mol. The second kappa shape index (κ2) is 4.61. The monoisotopic (exact) mass is 383 g/mol. The number of pyridine rings is 1. The number of rotatable bonds is 1. The van der Waals surface area contributed by atoms with Gasteiger partial charge in [0.05, 0.1) is 4.47 Å². The SMILES string of the molecule is Nc1c(-c2ccc(Br)cc2F)nc2c(Br)cccn12. The van der Waals surface area contributed by atoms with Crippen LogP contribution in [0.15, 0.2) is 45.5 Å². The molecule has 0 spiro atoms. The molecule has 6 heteroatoms. The lowest BCUT2D eigenvalue weighted by Crippen LogP contribution is -1.95. The molecule has 0 aliphatic carbocycles. The van der Waals surface area contributed by atoms with E-state index in [2.05, 4.69) is 36.8 Å². The summed E-state index contributed by atoms with van der Waals surface area (Å²) in [5.74, 6) is 0.0538. The van der Waals surface area contributed by atoms with Crippen LogP contribution in [0.2, 0.25) is 0 Å². The largest absolute Gasteiger partial charge is 0.383 e. The van der Waals surface area contributed by atoms with Gasteiger partial charge in [0.25, 0.3) is 0 Å². The molecule has 0 unspecified atom stereocenters. The number of hydrogen-bond donors (Lipinski definition) is 1. The van der Waals surface area contributed by atoms with E-state index in [0.717, 1.165) is 4.47 Å². The van der Waals surface area contributed by atoms with Gasteiger partial charge in [-0.3, -0.25) is 4.40 Å². The average Bonchev–Trinajstić information content (AvgIpc) is 2.69. The van der Waals surface area contributed by atoms with Crippen molar-refractivity contribution in [2.45, 2.75) is 0 Å². The predicted molar refractivity (Wildman–Crippen MR) is 80.4 cm³/mol. The fourth-order valence-electron chi connectivity index (χ4n) is 1.93. The third-order valence-corrected chi connectivity index (χ3v) is 3.94. The van der Waals surface area contributed by atoms with Gasteiger partial charge < -0.3 is 5.73 Å². The number of imidazole rings is 1. The second-order valence-corrected chi connectivity index (χ2v) is 5.79. The third-order valence-electron chi connectivity index (χ3n) is 2.83. The Morgan fingerprint density at radius 3 is 2.68 bits per heavy atom. The molecule has 2 aromatic heterocycles. The van der Waals surface area contributed by atoms with Crippen molar-refractivity contribution in [1.82, 2.24) is 9.38 Å². The predicted octanol–water partition coefficient (Wildman–Crippen LogP) is 4.25. The van der Waals surface area contributed by atoms with Crippen molar-refractivity contribution in [3.63, 3.8) is 0 Å². The zero-order valence-electron chi connectivity index (χ0n) is 9.57.